The number of amides is 1. The molecule has 0 aromatic carbocycles. The Labute approximate surface area is 114 Å². The van der Waals surface area contributed by atoms with E-state index in [-0.39, 0.29) is 6.42 Å². The van der Waals surface area contributed by atoms with Gasteiger partial charge in [-0.3, -0.25) is 4.79 Å². The number of carboxylic acid groups (broad SMARTS) is 1. The van der Waals surface area contributed by atoms with Crippen LogP contribution in [0.15, 0.2) is 0 Å². The summed E-state index contributed by atoms with van der Waals surface area (Å²) in [6, 6.07) is 0. The number of hydrogen-bond acceptors (Lipinski definition) is 3. The average Bonchev–Trinajstić information content (AvgIpc) is 2.34. The summed E-state index contributed by atoms with van der Waals surface area (Å²) in [7, 11) is 1.30. The third-order valence-electron chi connectivity index (χ3n) is 3.61. The van der Waals surface area contributed by atoms with E-state index in [2.05, 4.69) is 4.74 Å². The Bertz CT molecular complexity index is 364. The molecule has 0 aromatic rings. The zero-order valence-electron chi connectivity index (χ0n) is 11.2. The topological polar surface area (TPSA) is 66.8 Å². The van der Waals surface area contributed by atoms with E-state index in [0.717, 1.165) is 24.2 Å². The van der Waals surface area contributed by atoms with Crippen LogP contribution in [0.1, 0.15) is 38.5 Å². The lowest BCUT2D eigenvalue weighted by Gasteiger charge is -2.43. The number of carboxylic acids is 1. The summed E-state index contributed by atoms with van der Waals surface area (Å²) in [5.41, 5.74) is -0.952. The van der Waals surface area contributed by atoms with Crippen molar-refractivity contribution in [2.75, 3.05) is 13.7 Å². The van der Waals surface area contributed by atoms with Crippen molar-refractivity contribution < 1.29 is 32.6 Å². The van der Waals surface area contributed by atoms with Gasteiger partial charge in [0.25, 0.3) is 0 Å². The summed E-state index contributed by atoms with van der Waals surface area (Å²) in [4.78, 5) is 23.7. The Balaban J connectivity index is 2.74. The fourth-order valence-electron chi connectivity index (χ4n) is 2.56. The lowest BCUT2D eigenvalue weighted by Crippen LogP contribution is -2.52. The predicted molar refractivity (Wildman–Crippen MR) is 63.2 cm³/mol. The molecule has 0 aromatic heterocycles. The van der Waals surface area contributed by atoms with Gasteiger partial charge in [-0.2, -0.15) is 13.2 Å². The molecule has 0 spiro atoms. The number of nitrogens with zero attached hydrogens (tertiary/aromatic N) is 1. The highest BCUT2D eigenvalue weighted by atomic mass is 19.4. The van der Waals surface area contributed by atoms with Crippen LogP contribution >= 0.6 is 0 Å². The molecule has 1 saturated carbocycles. The Morgan fingerprint density at radius 1 is 1.25 bits per heavy atom. The molecule has 1 aliphatic rings. The maximum atomic E-state index is 12.0. The van der Waals surface area contributed by atoms with E-state index in [1.165, 1.54) is 7.05 Å². The molecule has 1 aliphatic carbocycles. The van der Waals surface area contributed by atoms with Crippen molar-refractivity contribution >= 4 is 12.1 Å². The smallest absolute Gasteiger partial charge is 0.422 e. The number of carbonyl (C=O) groups excluding carboxylic acids is 1. The molecule has 0 radical (unpaired) electrons. The lowest BCUT2D eigenvalue weighted by molar-refractivity contribution is -0.164. The third-order valence-corrected chi connectivity index (χ3v) is 3.61. The van der Waals surface area contributed by atoms with Crippen molar-refractivity contribution in [2.24, 2.45) is 0 Å². The molecule has 5 nitrogen and oxygen atoms in total. The van der Waals surface area contributed by atoms with Crippen LogP contribution in [0.4, 0.5) is 18.0 Å². The molecule has 0 atom stereocenters. The second kappa shape index (κ2) is 6.32. The number of rotatable bonds is 4. The molecule has 1 amide bonds. The van der Waals surface area contributed by atoms with Gasteiger partial charge in [0.1, 0.15) is 0 Å². The molecular formula is C12H18F3NO4. The Kier molecular flexibility index (Phi) is 5.24. The monoisotopic (exact) mass is 297 g/mol. The van der Waals surface area contributed by atoms with E-state index in [1.54, 1.807) is 0 Å². The maximum absolute atomic E-state index is 12.0. The third kappa shape index (κ3) is 4.57. The van der Waals surface area contributed by atoms with Crippen LogP contribution in [0.2, 0.25) is 0 Å². The number of alkyl halides is 3. The summed E-state index contributed by atoms with van der Waals surface area (Å²) in [6.07, 6.45) is -2.70. The molecule has 0 saturated heterocycles. The molecule has 20 heavy (non-hydrogen) atoms. The highest BCUT2D eigenvalue weighted by molar-refractivity contribution is 5.72. The van der Waals surface area contributed by atoms with Crippen molar-refractivity contribution in [3.63, 3.8) is 0 Å². The second-order valence-corrected chi connectivity index (χ2v) is 5.08. The van der Waals surface area contributed by atoms with Gasteiger partial charge >= 0.3 is 18.2 Å². The second-order valence-electron chi connectivity index (χ2n) is 5.08. The molecule has 0 heterocycles. The highest BCUT2D eigenvalue weighted by Crippen LogP contribution is 2.36. The predicted octanol–water partition coefficient (Wildman–Crippen LogP) is 2.79. The number of aliphatic carboxylic acids is 1. The molecule has 0 aliphatic heterocycles. The van der Waals surface area contributed by atoms with E-state index in [0.29, 0.717) is 12.8 Å². The van der Waals surface area contributed by atoms with Gasteiger partial charge in [0.2, 0.25) is 0 Å². The van der Waals surface area contributed by atoms with E-state index in [9.17, 15) is 22.8 Å². The highest BCUT2D eigenvalue weighted by Gasteiger charge is 2.42. The zero-order chi connectivity index (χ0) is 15.4. The molecule has 0 bridgehead atoms. The van der Waals surface area contributed by atoms with Crippen molar-refractivity contribution in [3.05, 3.63) is 0 Å². The summed E-state index contributed by atoms with van der Waals surface area (Å²) >= 11 is 0. The summed E-state index contributed by atoms with van der Waals surface area (Å²) in [5, 5.41) is 8.96. The first-order valence-corrected chi connectivity index (χ1v) is 6.35. The fourth-order valence-corrected chi connectivity index (χ4v) is 2.56. The van der Waals surface area contributed by atoms with Crippen LogP contribution in [-0.2, 0) is 9.53 Å². The molecule has 0 unspecified atom stereocenters. The van der Waals surface area contributed by atoms with Gasteiger partial charge < -0.3 is 14.7 Å². The van der Waals surface area contributed by atoms with E-state index in [4.69, 9.17) is 5.11 Å². The van der Waals surface area contributed by atoms with Crippen LogP contribution in [0, 0.1) is 0 Å². The minimum Gasteiger partial charge on any atom is -0.481 e. The zero-order valence-corrected chi connectivity index (χ0v) is 11.2. The molecule has 1 rings (SSSR count). The van der Waals surface area contributed by atoms with Gasteiger partial charge in [-0.1, -0.05) is 19.3 Å². The Morgan fingerprint density at radius 2 is 1.80 bits per heavy atom. The summed E-state index contributed by atoms with van der Waals surface area (Å²) < 4.78 is 40.3. The van der Waals surface area contributed by atoms with E-state index >= 15 is 0 Å². The molecule has 116 valence electrons. The maximum Gasteiger partial charge on any atom is 0.422 e. The normalized spacial score (nSPS) is 18.4. The number of hydrogen-bond donors (Lipinski definition) is 1. The summed E-state index contributed by atoms with van der Waals surface area (Å²) in [6.45, 7) is -1.67. The van der Waals surface area contributed by atoms with Gasteiger partial charge in [-0.15, -0.1) is 0 Å². The minimum absolute atomic E-state index is 0.287. The largest absolute Gasteiger partial charge is 0.481 e. The summed E-state index contributed by atoms with van der Waals surface area (Å²) in [5.74, 6) is -1.08. The first-order valence-electron chi connectivity index (χ1n) is 6.35. The first-order chi connectivity index (χ1) is 9.16. The van der Waals surface area contributed by atoms with Crippen molar-refractivity contribution in [3.8, 4) is 0 Å². The van der Waals surface area contributed by atoms with Crippen LogP contribution in [0.25, 0.3) is 0 Å². The fraction of sp³-hybridized carbons (Fsp3) is 0.833. The van der Waals surface area contributed by atoms with Crippen molar-refractivity contribution in [2.45, 2.75) is 50.2 Å². The van der Waals surface area contributed by atoms with Crippen molar-refractivity contribution in [1.29, 1.82) is 0 Å². The molecule has 1 N–H and O–H groups in total. The van der Waals surface area contributed by atoms with Gasteiger partial charge in [0.15, 0.2) is 6.61 Å². The first kappa shape index (κ1) is 16.6. The SMILES string of the molecule is CN(C(=O)OCC(F)(F)F)C1(CC(=O)O)CCCCC1. The number of halogens is 3. The van der Waals surface area contributed by atoms with Crippen LogP contribution in [0.5, 0.6) is 0 Å². The van der Waals surface area contributed by atoms with Crippen LogP contribution < -0.4 is 0 Å². The van der Waals surface area contributed by atoms with Gasteiger partial charge in [-0.05, 0) is 12.8 Å². The van der Waals surface area contributed by atoms with Gasteiger partial charge in [-0.25, -0.2) is 4.79 Å². The standard InChI is InChI=1S/C12H18F3NO4/c1-16(10(19)20-8-12(13,14)15)11(7-9(17)18)5-3-2-4-6-11/h2-8H2,1H3,(H,17,18). The van der Waals surface area contributed by atoms with E-state index in [1.807, 2.05) is 0 Å². The van der Waals surface area contributed by atoms with Crippen LogP contribution in [0.3, 0.4) is 0 Å². The average molecular weight is 297 g/mol. The molecule has 1 fully saturated rings. The Hall–Kier alpha value is -1.47. The van der Waals surface area contributed by atoms with Gasteiger partial charge in [0.05, 0.1) is 12.0 Å². The van der Waals surface area contributed by atoms with Crippen LogP contribution in [-0.4, -0.2) is 47.4 Å². The van der Waals surface area contributed by atoms with E-state index < -0.39 is 30.4 Å². The quantitative estimate of drug-likeness (QED) is 0.866. The van der Waals surface area contributed by atoms with Crippen molar-refractivity contribution in [1.82, 2.24) is 4.90 Å². The number of ether oxygens (including phenoxy) is 1. The molecular weight excluding hydrogens is 279 g/mol. The molecule has 8 heteroatoms. The van der Waals surface area contributed by atoms with Gasteiger partial charge in [0, 0.05) is 7.05 Å². The number of carbonyl (C=O) groups is 2. The Morgan fingerprint density at radius 3 is 2.25 bits per heavy atom. The minimum atomic E-state index is -4.59. The lowest BCUT2D eigenvalue weighted by atomic mass is 9.78.